The number of hydrogen-bond donors (Lipinski definition) is 1. The smallest absolute Gasteiger partial charge is 0.234 e. The standard InChI is InChI=1S/C18H16FN5O3S/c1-11-21-22-23-24(11)15-8-12(2-4-14(15)19)20-18(25)10-28-13-3-5-16-17(9-13)27-7-6-26-16/h2-5,8-9H,6-7,10H2,1H3,(H,20,25). The van der Waals surface area contributed by atoms with E-state index in [-0.39, 0.29) is 17.3 Å². The number of nitrogens with one attached hydrogen (secondary N) is 1. The van der Waals surface area contributed by atoms with E-state index in [1.807, 2.05) is 18.2 Å². The number of ether oxygens (including phenoxy) is 2. The Labute approximate surface area is 164 Å². The van der Waals surface area contributed by atoms with E-state index < -0.39 is 5.82 Å². The highest BCUT2D eigenvalue weighted by molar-refractivity contribution is 8.00. The Morgan fingerprint density at radius 2 is 2.04 bits per heavy atom. The van der Waals surface area contributed by atoms with Crippen molar-refractivity contribution in [3.05, 3.63) is 48.0 Å². The fraction of sp³-hybridized carbons (Fsp3) is 0.222. The van der Waals surface area contributed by atoms with Gasteiger partial charge in [-0.3, -0.25) is 4.79 Å². The molecule has 10 heteroatoms. The average molecular weight is 401 g/mol. The van der Waals surface area contributed by atoms with Crippen molar-refractivity contribution in [2.45, 2.75) is 11.8 Å². The molecule has 8 nitrogen and oxygen atoms in total. The van der Waals surface area contributed by atoms with E-state index in [2.05, 4.69) is 20.8 Å². The summed E-state index contributed by atoms with van der Waals surface area (Å²) in [5, 5.41) is 13.8. The summed E-state index contributed by atoms with van der Waals surface area (Å²) in [7, 11) is 0. The van der Waals surface area contributed by atoms with Gasteiger partial charge in [-0.1, -0.05) is 0 Å². The molecule has 28 heavy (non-hydrogen) atoms. The monoisotopic (exact) mass is 401 g/mol. The van der Waals surface area contributed by atoms with E-state index in [1.165, 1.54) is 34.6 Å². The zero-order valence-corrected chi connectivity index (χ0v) is 15.7. The number of nitrogens with zero attached hydrogens (tertiary/aromatic N) is 4. The van der Waals surface area contributed by atoms with Crippen molar-refractivity contribution in [1.82, 2.24) is 20.2 Å². The number of carbonyl (C=O) groups is 1. The number of rotatable bonds is 5. The molecule has 2 aromatic carbocycles. The molecule has 0 unspecified atom stereocenters. The largest absolute Gasteiger partial charge is 0.486 e. The van der Waals surface area contributed by atoms with Crippen molar-refractivity contribution in [3.8, 4) is 17.2 Å². The van der Waals surface area contributed by atoms with E-state index in [1.54, 1.807) is 6.92 Å². The van der Waals surface area contributed by atoms with E-state index in [9.17, 15) is 9.18 Å². The summed E-state index contributed by atoms with van der Waals surface area (Å²) in [6.07, 6.45) is 0. The van der Waals surface area contributed by atoms with Crippen LogP contribution in [0.1, 0.15) is 5.82 Å². The number of aryl methyl sites for hydroxylation is 1. The first-order valence-electron chi connectivity index (χ1n) is 8.47. The molecule has 0 saturated carbocycles. The van der Waals surface area contributed by atoms with Gasteiger partial charge in [-0.25, -0.2) is 4.39 Å². The fourth-order valence-electron chi connectivity index (χ4n) is 2.67. The third-order valence-corrected chi connectivity index (χ3v) is 4.96. The number of tetrazole rings is 1. The number of halogens is 1. The minimum atomic E-state index is -0.487. The Bertz CT molecular complexity index is 1030. The van der Waals surface area contributed by atoms with Crippen LogP contribution in [0, 0.1) is 12.7 Å². The number of thioether (sulfide) groups is 1. The summed E-state index contributed by atoms with van der Waals surface area (Å²) in [4.78, 5) is 13.2. The molecule has 1 aliphatic heterocycles. The molecule has 144 valence electrons. The lowest BCUT2D eigenvalue weighted by atomic mass is 10.2. The van der Waals surface area contributed by atoms with Crippen molar-refractivity contribution in [2.24, 2.45) is 0 Å². The van der Waals surface area contributed by atoms with Crippen LogP contribution in [0.15, 0.2) is 41.3 Å². The second-order valence-electron chi connectivity index (χ2n) is 5.95. The highest BCUT2D eigenvalue weighted by Gasteiger charge is 2.14. The van der Waals surface area contributed by atoms with Crippen LogP contribution in [0.2, 0.25) is 0 Å². The lowest BCUT2D eigenvalue weighted by Gasteiger charge is -2.18. The van der Waals surface area contributed by atoms with Gasteiger partial charge in [-0.15, -0.1) is 16.9 Å². The van der Waals surface area contributed by atoms with E-state index in [4.69, 9.17) is 9.47 Å². The molecule has 0 radical (unpaired) electrons. The second kappa shape index (κ2) is 7.85. The first-order valence-corrected chi connectivity index (χ1v) is 9.46. The SMILES string of the molecule is Cc1nnnn1-c1cc(NC(=O)CSc2ccc3c(c2)OCCO3)ccc1F. The Hall–Kier alpha value is -3.14. The van der Waals surface area contributed by atoms with Gasteiger partial charge >= 0.3 is 0 Å². The summed E-state index contributed by atoms with van der Waals surface area (Å²) >= 11 is 1.37. The van der Waals surface area contributed by atoms with E-state index in [0.29, 0.717) is 36.2 Å². The summed E-state index contributed by atoms with van der Waals surface area (Å²) < 4.78 is 26.4. The second-order valence-corrected chi connectivity index (χ2v) is 7.00. The van der Waals surface area contributed by atoms with Gasteiger partial charge in [0.1, 0.15) is 24.7 Å². The lowest BCUT2D eigenvalue weighted by molar-refractivity contribution is -0.113. The highest BCUT2D eigenvalue weighted by atomic mass is 32.2. The van der Waals surface area contributed by atoms with E-state index in [0.717, 1.165) is 4.90 Å². The maximum absolute atomic E-state index is 14.1. The molecule has 3 aromatic rings. The minimum absolute atomic E-state index is 0.166. The summed E-state index contributed by atoms with van der Waals surface area (Å²) in [5.41, 5.74) is 0.624. The molecular weight excluding hydrogens is 385 g/mol. The molecule has 1 amide bonds. The number of fused-ring (bicyclic) bond motifs is 1. The quantitative estimate of drug-likeness (QED) is 0.657. The maximum atomic E-state index is 14.1. The van der Waals surface area contributed by atoms with Crippen LogP contribution in [0.3, 0.4) is 0 Å². The molecule has 4 rings (SSSR count). The number of hydrogen-bond acceptors (Lipinski definition) is 7. The molecule has 0 saturated heterocycles. The van der Waals surface area contributed by atoms with Crippen molar-refractivity contribution in [2.75, 3.05) is 24.3 Å². The van der Waals surface area contributed by atoms with Gasteiger partial charge in [0.25, 0.3) is 0 Å². The average Bonchev–Trinajstić information content (AvgIpc) is 3.13. The van der Waals surface area contributed by atoms with Gasteiger partial charge in [-0.05, 0) is 53.7 Å². The normalized spacial score (nSPS) is 12.6. The van der Waals surface area contributed by atoms with Crippen molar-refractivity contribution in [3.63, 3.8) is 0 Å². The minimum Gasteiger partial charge on any atom is -0.486 e. The Morgan fingerprint density at radius 3 is 2.82 bits per heavy atom. The fourth-order valence-corrected chi connectivity index (χ4v) is 3.39. The number of carbonyl (C=O) groups excluding carboxylic acids is 1. The molecule has 2 heterocycles. The Balaban J connectivity index is 1.41. The summed E-state index contributed by atoms with van der Waals surface area (Å²) in [5.74, 6) is 1.31. The Kier molecular flexibility index (Phi) is 5.11. The zero-order valence-electron chi connectivity index (χ0n) is 14.9. The van der Waals surface area contributed by atoms with Crippen LogP contribution in [0.5, 0.6) is 11.5 Å². The molecule has 0 fully saturated rings. The van der Waals surface area contributed by atoms with Crippen LogP contribution < -0.4 is 14.8 Å². The molecule has 1 N–H and O–H groups in total. The third kappa shape index (κ3) is 3.91. The summed E-state index contributed by atoms with van der Waals surface area (Å²) in [6, 6.07) is 9.80. The maximum Gasteiger partial charge on any atom is 0.234 e. The molecule has 0 bridgehead atoms. The van der Waals surface area contributed by atoms with Crippen LogP contribution in [-0.2, 0) is 4.79 Å². The van der Waals surface area contributed by atoms with Crippen molar-refractivity contribution < 1.29 is 18.7 Å². The van der Waals surface area contributed by atoms with Crippen molar-refractivity contribution >= 4 is 23.4 Å². The predicted molar refractivity (Wildman–Crippen MR) is 101 cm³/mol. The zero-order chi connectivity index (χ0) is 19.5. The molecule has 1 aliphatic rings. The van der Waals surface area contributed by atoms with Gasteiger partial charge < -0.3 is 14.8 Å². The van der Waals surface area contributed by atoms with Crippen LogP contribution in [0.25, 0.3) is 5.69 Å². The number of benzene rings is 2. The molecule has 0 spiro atoms. The third-order valence-electron chi connectivity index (χ3n) is 3.97. The molecule has 0 atom stereocenters. The van der Waals surface area contributed by atoms with Crippen LogP contribution in [-0.4, -0.2) is 45.1 Å². The van der Waals surface area contributed by atoms with Gasteiger partial charge in [-0.2, -0.15) is 4.68 Å². The lowest BCUT2D eigenvalue weighted by Crippen LogP contribution is -2.16. The highest BCUT2D eigenvalue weighted by Crippen LogP contribution is 2.34. The molecule has 0 aliphatic carbocycles. The molecule has 1 aromatic heterocycles. The van der Waals surface area contributed by atoms with Crippen LogP contribution >= 0.6 is 11.8 Å². The first kappa shape index (κ1) is 18.2. The van der Waals surface area contributed by atoms with E-state index >= 15 is 0 Å². The summed E-state index contributed by atoms with van der Waals surface area (Å²) in [6.45, 7) is 2.70. The van der Waals surface area contributed by atoms with Gasteiger partial charge in [0, 0.05) is 10.6 Å². The van der Waals surface area contributed by atoms with Crippen molar-refractivity contribution in [1.29, 1.82) is 0 Å². The molecular formula is C18H16FN5O3S. The number of amides is 1. The van der Waals surface area contributed by atoms with Gasteiger partial charge in [0.2, 0.25) is 5.91 Å². The van der Waals surface area contributed by atoms with Gasteiger partial charge in [0.05, 0.1) is 5.75 Å². The first-order chi connectivity index (χ1) is 13.6. The Morgan fingerprint density at radius 1 is 1.21 bits per heavy atom. The predicted octanol–water partition coefficient (Wildman–Crippen LogP) is 2.61. The van der Waals surface area contributed by atoms with Crippen LogP contribution in [0.4, 0.5) is 10.1 Å². The number of aromatic nitrogens is 4. The van der Waals surface area contributed by atoms with Gasteiger partial charge in [0.15, 0.2) is 17.3 Å². The topological polar surface area (TPSA) is 91.2 Å². The number of anilines is 1.